The molecule has 27 heavy (non-hydrogen) atoms. The molecule has 2 heterocycles. The van der Waals surface area contributed by atoms with Gasteiger partial charge < -0.3 is 9.64 Å². The van der Waals surface area contributed by atoms with Crippen molar-refractivity contribution in [2.24, 2.45) is 0 Å². The molecule has 2 nitrogen and oxygen atoms in total. The van der Waals surface area contributed by atoms with Gasteiger partial charge >= 0.3 is 0 Å². The first-order valence-electron chi connectivity index (χ1n) is 9.04. The van der Waals surface area contributed by atoms with Crippen molar-refractivity contribution >= 4 is 34.7 Å². The molecule has 0 aliphatic carbocycles. The minimum absolute atomic E-state index is 0.670. The Morgan fingerprint density at radius 2 is 1.81 bits per heavy atom. The predicted molar refractivity (Wildman–Crippen MR) is 117 cm³/mol. The first kappa shape index (κ1) is 19.0. The average Bonchev–Trinajstić information content (AvgIpc) is 3.00. The van der Waals surface area contributed by atoms with E-state index in [0.29, 0.717) is 6.61 Å². The number of halogens is 1. The Bertz CT molecular complexity index is 951. The number of hydrogen-bond acceptors (Lipinski definition) is 4. The fraction of sp³-hybridized carbons (Fsp3) is 0.273. The van der Waals surface area contributed by atoms with Crippen LogP contribution in [0.25, 0.3) is 21.6 Å². The van der Waals surface area contributed by atoms with E-state index in [4.69, 9.17) is 16.3 Å². The van der Waals surface area contributed by atoms with E-state index in [1.165, 1.54) is 36.2 Å². The molecule has 0 fully saturated rings. The smallest absolute Gasteiger partial charge is 0.0809 e. The molecule has 0 radical (unpaired) electrons. The molecule has 0 N–H and O–H groups in total. The lowest BCUT2D eigenvalue weighted by Crippen LogP contribution is -2.14. The van der Waals surface area contributed by atoms with Crippen molar-refractivity contribution in [2.45, 2.75) is 22.8 Å². The van der Waals surface area contributed by atoms with Gasteiger partial charge in [-0.15, -0.1) is 11.3 Å². The molecular weight excluding hydrogens is 394 g/mol. The van der Waals surface area contributed by atoms with E-state index < -0.39 is 0 Å². The summed E-state index contributed by atoms with van der Waals surface area (Å²) >= 11 is 9.91. The second-order valence-electron chi connectivity index (χ2n) is 6.90. The summed E-state index contributed by atoms with van der Waals surface area (Å²) in [6, 6.07) is 17.1. The topological polar surface area (TPSA) is 12.5 Å². The van der Waals surface area contributed by atoms with E-state index in [0.717, 1.165) is 24.6 Å². The summed E-state index contributed by atoms with van der Waals surface area (Å²) in [6.45, 7) is 2.52. The van der Waals surface area contributed by atoms with Crippen LogP contribution in [0.15, 0.2) is 58.3 Å². The molecule has 3 aromatic rings. The van der Waals surface area contributed by atoms with Crippen LogP contribution in [0.5, 0.6) is 0 Å². The molecule has 5 heteroatoms. The predicted octanol–water partition coefficient (Wildman–Crippen LogP) is 6.67. The van der Waals surface area contributed by atoms with Crippen molar-refractivity contribution in [2.75, 3.05) is 27.2 Å². The fourth-order valence-electron chi connectivity index (χ4n) is 3.23. The third-order valence-corrected chi connectivity index (χ3v) is 7.02. The Balaban J connectivity index is 1.65. The van der Waals surface area contributed by atoms with Gasteiger partial charge in [-0.1, -0.05) is 47.6 Å². The summed E-state index contributed by atoms with van der Waals surface area (Å²) < 4.78 is 5.93. The minimum atomic E-state index is 0.670. The van der Waals surface area contributed by atoms with Crippen LogP contribution in [0, 0.1) is 0 Å². The number of rotatable bonds is 6. The average molecular weight is 416 g/mol. The van der Waals surface area contributed by atoms with Gasteiger partial charge in [-0.05, 0) is 56.9 Å². The summed E-state index contributed by atoms with van der Waals surface area (Å²) in [5.41, 5.74) is 3.86. The van der Waals surface area contributed by atoms with Gasteiger partial charge in [0.1, 0.15) is 0 Å². The summed E-state index contributed by atoms with van der Waals surface area (Å²) in [7, 11) is 4.19. The van der Waals surface area contributed by atoms with Gasteiger partial charge in [0.05, 0.1) is 6.61 Å². The zero-order valence-corrected chi connectivity index (χ0v) is 17.9. The van der Waals surface area contributed by atoms with Crippen LogP contribution < -0.4 is 0 Å². The zero-order chi connectivity index (χ0) is 18.8. The van der Waals surface area contributed by atoms with E-state index in [2.05, 4.69) is 61.5 Å². The number of hydrogen-bond donors (Lipinski definition) is 0. The van der Waals surface area contributed by atoms with Crippen molar-refractivity contribution in [3.63, 3.8) is 0 Å². The van der Waals surface area contributed by atoms with Gasteiger partial charge in [-0.2, -0.15) is 0 Å². The van der Waals surface area contributed by atoms with Crippen LogP contribution in [0.1, 0.15) is 11.3 Å². The fourth-order valence-corrected chi connectivity index (χ4v) is 5.82. The lowest BCUT2D eigenvalue weighted by Gasteiger charge is -2.09. The Labute approximate surface area is 174 Å². The number of fused-ring (bicyclic) bond motifs is 5. The molecule has 1 aliphatic rings. The summed E-state index contributed by atoms with van der Waals surface area (Å²) in [6.07, 6.45) is 1.05. The van der Waals surface area contributed by atoms with Crippen LogP contribution in [0.3, 0.4) is 0 Å². The molecule has 1 aromatic heterocycles. The van der Waals surface area contributed by atoms with E-state index in [1.807, 2.05) is 17.4 Å². The molecule has 0 amide bonds. The molecule has 0 atom stereocenters. The third-order valence-electron chi connectivity index (χ3n) is 4.51. The first-order valence-corrected chi connectivity index (χ1v) is 11.1. The lowest BCUT2D eigenvalue weighted by molar-refractivity contribution is 0.115. The molecule has 140 valence electrons. The van der Waals surface area contributed by atoms with Crippen molar-refractivity contribution in [1.82, 2.24) is 4.90 Å². The maximum atomic E-state index is 6.28. The van der Waals surface area contributed by atoms with E-state index in [1.54, 1.807) is 11.8 Å². The Kier molecular flexibility index (Phi) is 5.90. The Morgan fingerprint density at radius 3 is 2.67 bits per heavy atom. The van der Waals surface area contributed by atoms with Crippen LogP contribution in [0.2, 0.25) is 5.02 Å². The second-order valence-corrected chi connectivity index (χ2v) is 9.56. The molecule has 0 saturated heterocycles. The number of nitrogens with zero attached hydrogens (tertiary/aromatic N) is 1. The van der Waals surface area contributed by atoms with Crippen molar-refractivity contribution in [3.05, 3.63) is 58.4 Å². The highest BCUT2D eigenvalue weighted by molar-refractivity contribution is 7.99. The standard InChI is InChI=1S/C22H22ClNOS2/c1-24(2)10-5-11-25-14-16-13-19-17-6-3-4-7-20(17)27-21-12-15(23)8-9-18(21)22(19)26-16/h3-4,6-9,12-13H,5,10-11,14H2,1-2H3. The van der Waals surface area contributed by atoms with Gasteiger partial charge in [0.2, 0.25) is 0 Å². The molecule has 2 aromatic carbocycles. The maximum absolute atomic E-state index is 6.28. The molecule has 4 rings (SSSR count). The van der Waals surface area contributed by atoms with Gasteiger partial charge in [0.15, 0.2) is 0 Å². The molecular formula is C22H22ClNOS2. The lowest BCUT2D eigenvalue weighted by atomic mass is 10.0. The molecule has 1 aliphatic heterocycles. The highest BCUT2D eigenvalue weighted by Gasteiger charge is 2.22. The first-order chi connectivity index (χ1) is 13.1. The Hall–Kier alpha value is -1.30. The zero-order valence-electron chi connectivity index (χ0n) is 15.5. The molecule has 0 bridgehead atoms. The Morgan fingerprint density at radius 1 is 0.963 bits per heavy atom. The minimum Gasteiger partial charge on any atom is -0.376 e. The quantitative estimate of drug-likeness (QED) is 0.326. The van der Waals surface area contributed by atoms with E-state index >= 15 is 0 Å². The number of benzene rings is 2. The van der Waals surface area contributed by atoms with Crippen molar-refractivity contribution in [3.8, 4) is 21.6 Å². The number of ether oxygens (including phenoxy) is 1. The van der Waals surface area contributed by atoms with Crippen molar-refractivity contribution < 1.29 is 4.74 Å². The summed E-state index contributed by atoms with van der Waals surface area (Å²) in [5, 5.41) is 0.781. The van der Waals surface area contributed by atoms with Crippen LogP contribution in [0.4, 0.5) is 0 Å². The van der Waals surface area contributed by atoms with Crippen molar-refractivity contribution in [1.29, 1.82) is 0 Å². The third kappa shape index (κ3) is 4.25. The normalized spacial score (nSPS) is 12.4. The molecule has 0 unspecified atom stereocenters. The van der Waals surface area contributed by atoms with Crippen LogP contribution in [-0.4, -0.2) is 32.1 Å². The van der Waals surface area contributed by atoms with Crippen LogP contribution in [-0.2, 0) is 11.3 Å². The monoisotopic (exact) mass is 415 g/mol. The SMILES string of the molecule is CN(C)CCCOCc1cc2c(s1)-c1ccc(Cl)cc1Sc1ccccc1-2. The van der Waals surface area contributed by atoms with E-state index in [-0.39, 0.29) is 0 Å². The van der Waals surface area contributed by atoms with Gasteiger partial charge in [-0.3, -0.25) is 0 Å². The molecule has 0 spiro atoms. The maximum Gasteiger partial charge on any atom is 0.0809 e. The van der Waals surface area contributed by atoms with Crippen LogP contribution >= 0.6 is 34.7 Å². The molecule has 0 saturated carbocycles. The summed E-state index contributed by atoms with van der Waals surface area (Å²) in [5.74, 6) is 0. The highest BCUT2D eigenvalue weighted by atomic mass is 35.5. The number of thiophene rings is 1. The summed E-state index contributed by atoms with van der Waals surface area (Å²) in [4.78, 5) is 7.26. The van der Waals surface area contributed by atoms with Gasteiger partial charge in [-0.25, -0.2) is 0 Å². The largest absolute Gasteiger partial charge is 0.376 e. The van der Waals surface area contributed by atoms with E-state index in [9.17, 15) is 0 Å². The van der Waals surface area contributed by atoms with Gasteiger partial charge in [0.25, 0.3) is 0 Å². The highest BCUT2D eigenvalue weighted by Crippen LogP contribution is 2.51. The van der Waals surface area contributed by atoms with Gasteiger partial charge in [0, 0.05) is 42.3 Å². The second kappa shape index (κ2) is 8.38.